The molecule has 8 nitrogen and oxygen atoms in total. The Morgan fingerprint density at radius 3 is 2.33 bits per heavy atom. The van der Waals surface area contributed by atoms with Crippen LogP contribution in [-0.4, -0.2) is 63.9 Å². The molecule has 0 saturated carbocycles. The average molecular weight is 524 g/mol. The van der Waals surface area contributed by atoms with Gasteiger partial charge in [-0.05, 0) is 67.6 Å². The van der Waals surface area contributed by atoms with Gasteiger partial charge >= 0.3 is 0 Å². The van der Waals surface area contributed by atoms with Crippen molar-refractivity contribution in [3.8, 4) is 11.3 Å². The molecule has 1 saturated heterocycles. The van der Waals surface area contributed by atoms with Gasteiger partial charge in [-0.25, -0.2) is 9.97 Å². The molecule has 8 heteroatoms. The second-order valence-corrected chi connectivity index (χ2v) is 9.39. The first kappa shape index (κ1) is 27.9. The molecule has 1 fully saturated rings. The molecule has 1 aliphatic heterocycles. The number of benzene rings is 2. The quantitative estimate of drug-likeness (QED) is 0.325. The summed E-state index contributed by atoms with van der Waals surface area (Å²) in [6, 6.07) is 19.3. The number of carbonyl (C=O) groups excluding carboxylic acids is 1. The SMILES string of the molecule is CC.Cc1ccc(C(=O)Nc2ccc(CN3CCN(C)CC3)cc2)cc1Nc1nccc(-c2ccncc2)n1. The van der Waals surface area contributed by atoms with Crippen LogP contribution in [0.1, 0.15) is 35.3 Å². The Kier molecular flexibility index (Phi) is 9.72. The Hall–Kier alpha value is -4.14. The number of carbonyl (C=O) groups is 1. The zero-order valence-corrected chi connectivity index (χ0v) is 23.2. The lowest BCUT2D eigenvalue weighted by molar-refractivity contribution is 0.102. The van der Waals surface area contributed by atoms with Gasteiger partial charge in [0.1, 0.15) is 0 Å². The maximum Gasteiger partial charge on any atom is 0.255 e. The van der Waals surface area contributed by atoms with Crippen molar-refractivity contribution in [1.29, 1.82) is 0 Å². The van der Waals surface area contributed by atoms with Gasteiger partial charge in [0.2, 0.25) is 5.95 Å². The van der Waals surface area contributed by atoms with E-state index in [1.807, 2.05) is 69.3 Å². The first-order chi connectivity index (χ1) is 19.0. The molecular weight excluding hydrogens is 486 g/mol. The van der Waals surface area contributed by atoms with E-state index < -0.39 is 0 Å². The Labute approximate surface area is 231 Å². The number of hydrogen-bond donors (Lipinski definition) is 2. The molecule has 39 heavy (non-hydrogen) atoms. The van der Waals surface area contributed by atoms with Crippen LogP contribution in [0.2, 0.25) is 0 Å². The number of nitrogens with zero attached hydrogens (tertiary/aromatic N) is 5. The molecule has 202 valence electrons. The summed E-state index contributed by atoms with van der Waals surface area (Å²) in [6.45, 7) is 11.3. The summed E-state index contributed by atoms with van der Waals surface area (Å²) in [5.74, 6) is 0.298. The summed E-state index contributed by atoms with van der Waals surface area (Å²) in [4.78, 5) is 30.9. The highest BCUT2D eigenvalue weighted by atomic mass is 16.1. The molecule has 1 amide bonds. The summed E-state index contributed by atoms with van der Waals surface area (Å²) in [7, 11) is 2.16. The number of hydrogen-bond acceptors (Lipinski definition) is 7. The topological polar surface area (TPSA) is 86.3 Å². The van der Waals surface area contributed by atoms with Crippen LogP contribution >= 0.6 is 0 Å². The van der Waals surface area contributed by atoms with Crippen LogP contribution in [0.15, 0.2) is 79.3 Å². The van der Waals surface area contributed by atoms with Crippen molar-refractivity contribution in [3.05, 3.63) is 95.9 Å². The number of anilines is 3. The molecule has 4 aromatic rings. The van der Waals surface area contributed by atoms with Crippen molar-refractivity contribution in [2.24, 2.45) is 0 Å². The molecule has 3 heterocycles. The molecule has 2 aromatic heterocycles. The van der Waals surface area contributed by atoms with Crippen LogP contribution in [0.25, 0.3) is 11.3 Å². The van der Waals surface area contributed by atoms with E-state index in [4.69, 9.17) is 0 Å². The number of pyridine rings is 1. The third kappa shape index (κ3) is 7.69. The van der Waals surface area contributed by atoms with Gasteiger partial charge in [0.05, 0.1) is 5.69 Å². The minimum Gasteiger partial charge on any atom is -0.324 e. The fourth-order valence-electron chi connectivity index (χ4n) is 4.28. The van der Waals surface area contributed by atoms with E-state index in [1.165, 1.54) is 5.56 Å². The van der Waals surface area contributed by atoms with Crippen LogP contribution in [0.4, 0.5) is 17.3 Å². The van der Waals surface area contributed by atoms with E-state index in [-0.39, 0.29) is 5.91 Å². The number of aromatic nitrogens is 3. The van der Waals surface area contributed by atoms with E-state index in [2.05, 4.69) is 54.6 Å². The molecular formula is C31H37N7O. The third-order valence-electron chi connectivity index (χ3n) is 6.59. The summed E-state index contributed by atoms with van der Waals surface area (Å²) in [6.07, 6.45) is 5.18. The summed E-state index contributed by atoms with van der Waals surface area (Å²) >= 11 is 0. The number of aryl methyl sites for hydroxylation is 1. The van der Waals surface area contributed by atoms with Gasteiger partial charge in [0.15, 0.2) is 0 Å². The van der Waals surface area contributed by atoms with Gasteiger partial charge in [-0.1, -0.05) is 32.0 Å². The number of piperazine rings is 1. The first-order valence-corrected chi connectivity index (χ1v) is 13.5. The lowest BCUT2D eigenvalue weighted by Crippen LogP contribution is -2.43. The van der Waals surface area contributed by atoms with Gasteiger partial charge in [-0.15, -0.1) is 0 Å². The highest BCUT2D eigenvalue weighted by molar-refractivity contribution is 6.05. The van der Waals surface area contributed by atoms with Crippen molar-refractivity contribution >= 4 is 23.2 Å². The molecule has 0 bridgehead atoms. The summed E-state index contributed by atoms with van der Waals surface area (Å²) in [5, 5.41) is 6.28. The summed E-state index contributed by atoms with van der Waals surface area (Å²) in [5.41, 5.74) is 6.10. The highest BCUT2D eigenvalue weighted by Crippen LogP contribution is 2.23. The van der Waals surface area contributed by atoms with Crippen molar-refractivity contribution in [2.75, 3.05) is 43.9 Å². The Morgan fingerprint density at radius 2 is 1.62 bits per heavy atom. The van der Waals surface area contributed by atoms with Crippen molar-refractivity contribution < 1.29 is 4.79 Å². The van der Waals surface area contributed by atoms with E-state index in [0.29, 0.717) is 11.5 Å². The van der Waals surface area contributed by atoms with Gasteiger partial charge < -0.3 is 15.5 Å². The second kappa shape index (κ2) is 13.6. The maximum absolute atomic E-state index is 13.0. The molecule has 5 rings (SSSR count). The van der Waals surface area contributed by atoms with E-state index in [0.717, 1.165) is 60.9 Å². The predicted octanol–water partition coefficient (Wildman–Crippen LogP) is 5.62. The first-order valence-electron chi connectivity index (χ1n) is 13.5. The molecule has 0 aliphatic carbocycles. The third-order valence-corrected chi connectivity index (χ3v) is 6.59. The fourth-order valence-corrected chi connectivity index (χ4v) is 4.28. The van der Waals surface area contributed by atoms with Gasteiger partial charge in [0.25, 0.3) is 5.91 Å². The average Bonchev–Trinajstić information content (AvgIpc) is 2.98. The van der Waals surface area contributed by atoms with Crippen LogP contribution in [0, 0.1) is 6.92 Å². The fraction of sp³-hybridized carbons (Fsp3) is 0.290. The van der Waals surface area contributed by atoms with Crippen molar-refractivity contribution in [1.82, 2.24) is 24.8 Å². The van der Waals surface area contributed by atoms with Gasteiger partial charge in [0, 0.05) is 73.8 Å². The molecule has 0 unspecified atom stereocenters. The molecule has 1 aliphatic rings. The molecule has 0 radical (unpaired) electrons. The standard InChI is InChI=1S/C29H31N7O.C2H6/c1-21-3-6-24(19-27(21)34-29-31-14-11-26(33-29)23-9-12-30-13-10-23)28(37)32-25-7-4-22(5-8-25)20-36-17-15-35(2)16-18-36;1-2/h3-14,19H,15-18,20H2,1-2H3,(H,32,37)(H,31,33,34);1-2H3. The number of amides is 1. The van der Waals surface area contributed by atoms with Crippen LogP contribution in [0.3, 0.4) is 0 Å². The van der Waals surface area contributed by atoms with Crippen LogP contribution in [0.5, 0.6) is 0 Å². The Balaban J connectivity index is 0.00000172. The number of rotatable bonds is 7. The lowest BCUT2D eigenvalue weighted by Gasteiger charge is -2.32. The normalized spacial score (nSPS) is 13.7. The molecule has 2 aromatic carbocycles. The largest absolute Gasteiger partial charge is 0.324 e. The predicted molar refractivity (Wildman–Crippen MR) is 158 cm³/mol. The Morgan fingerprint density at radius 1 is 0.897 bits per heavy atom. The smallest absolute Gasteiger partial charge is 0.255 e. The van der Waals surface area contributed by atoms with E-state index >= 15 is 0 Å². The maximum atomic E-state index is 13.0. The zero-order chi connectivity index (χ0) is 27.6. The minimum atomic E-state index is -0.165. The van der Waals surface area contributed by atoms with E-state index in [9.17, 15) is 4.79 Å². The number of nitrogens with one attached hydrogen (secondary N) is 2. The minimum absolute atomic E-state index is 0.165. The van der Waals surface area contributed by atoms with Gasteiger partial charge in [-0.3, -0.25) is 14.7 Å². The summed E-state index contributed by atoms with van der Waals surface area (Å²) < 4.78 is 0. The monoisotopic (exact) mass is 523 g/mol. The van der Waals surface area contributed by atoms with Crippen LogP contribution < -0.4 is 10.6 Å². The van der Waals surface area contributed by atoms with Crippen molar-refractivity contribution in [3.63, 3.8) is 0 Å². The number of likely N-dealkylation sites (N-methyl/N-ethyl adjacent to an activating group) is 1. The van der Waals surface area contributed by atoms with Crippen molar-refractivity contribution in [2.45, 2.75) is 27.3 Å². The molecule has 0 spiro atoms. The van der Waals surface area contributed by atoms with Gasteiger partial charge in [-0.2, -0.15) is 0 Å². The molecule has 2 N–H and O–H groups in total. The van der Waals surface area contributed by atoms with Crippen LogP contribution in [-0.2, 0) is 6.54 Å². The van der Waals surface area contributed by atoms with E-state index in [1.54, 1.807) is 18.6 Å². The zero-order valence-electron chi connectivity index (χ0n) is 23.2. The Bertz CT molecular complexity index is 1350. The second-order valence-electron chi connectivity index (χ2n) is 9.39. The molecule has 0 atom stereocenters. The highest BCUT2D eigenvalue weighted by Gasteiger charge is 2.14. The lowest BCUT2D eigenvalue weighted by atomic mass is 10.1.